The molecule has 1 N–H and O–H groups in total. The van der Waals surface area contributed by atoms with Crippen molar-refractivity contribution >= 4 is 22.8 Å². The summed E-state index contributed by atoms with van der Waals surface area (Å²) >= 11 is 0. The Morgan fingerprint density at radius 2 is 2.14 bits per heavy atom. The molecule has 2 aromatic heterocycles. The number of aryl methyl sites for hydroxylation is 1. The molecule has 0 fully saturated rings. The van der Waals surface area contributed by atoms with Crippen molar-refractivity contribution in [2.45, 2.75) is 26.4 Å². The molecular formula is C13H16N6O2. The lowest BCUT2D eigenvalue weighted by molar-refractivity contribution is 0.653. The monoisotopic (exact) mass is 288 g/mol. The first-order chi connectivity index (χ1) is 9.97. The van der Waals surface area contributed by atoms with Gasteiger partial charge in [0.05, 0.1) is 11.8 Å². The molecule has 1 atom stereocenters. The molecule has 3 heterocycles. The molecular weight excluding hydrogens is 272 g/mol. The minimum absolute atomic E-state index is 0.103. The van der Waals surface area contributed by atoms with E-state index in [2.05, 4.69) is 22.1 Å². The van der Waals surface area contributed by atoms with Crippen molar-refractivity contribution in [3.63, 3.8) is 0 Å². The standard InChI is InChI=1S/C13H16N6O2/c1-5-6-18-11(20)9-10(17(4)13(18)21)14-12-16-15-7(2)8(3)19(9)12/h5,8H,1,6H2,2-4H3,(H,14,16)/t8-/m1/s1. The summed E-state index contributed by atoms with van der Waals surface area (Å²) in [5, 5.41) is 4.16. The van der Waals surface area contributed by atoms with E-state index < -0.39 is 5.69 Å². The second kappa shape index (κ2) is 4.44. The van der Waals surface area contributed by atoms with Crippen LogP contribution >= 0.6 is 0 Å². The number of aromatic nitrogens is 4. The molecule has 8 heteroatoms. The normalized spacial score (nSPS) is 17.3. The summed E-state index contributed by atoms with van der Waals surface area (Å²) in [5.74, 6) is 0.464. The van der Waals surface area contributed by atoms with Gasteiger partial charge in [0, 0.05) is 13.6 Å². The number of nitrogens with zero attached hydrogens (tertiary/aromatic N) is 5. The Morgan fingerprint density at radius 1 is 1.43 bits per heavy atom. The second-order valence-corrected chi connectivity index (χ2v) is 5.06. The Balaban J connectivity index is 2.47. The third-order valence-electron chi connectivity index (χ3n) is 3.81. The molecule has 0 bridgehead atoms. The molecule has 1 aliphatic heterocycles. The average Bonchev–Trinajstić information content (AvgIpc) is 2.85. The van der Waals surface area contributed by atoms with E-state index in [1.807, 2.05) is 13.8 Å². The van der Waals surface area contributed by atoms with Crippen molar-refractivity contribution < 1.29 is 0 Å². The molecule has 0 spiro atoms. The summed E-state index contributed by atoms with van der Waals surface area (Å²) in [6.45, 7) is 7.56. The summed E-state index contributed by atoms with van der Waals surface area (Å²) in [7, 11) is 1.60. The van der Waals surface area contributed by atoms with Crippen LogP contribution in [0.4, 0.5) is 5.95 Å². The average molecular weight is 288 g/mol. The number of allylic oxidation sites excluding steroid dienone is 1. The number of hydrazone groups is 1. The van der Waals surface area contributed by atoms with Gasteiger partial charge in [0.2, 0.25) is 5.95 Å². The fourth-order valence-corrected chi connectivity index (χ4v) is 2.50. The molecule has 0 radical (unpaired) electrons. The topological polar surface area (TPSA) is 86.2 Å². The summed E-state index contributed by atoms with van der Waals surface area (Å²) in [4.78, 5) is 29.2. The van der Waals surface area contributed by atoms with Crippen molar-refractivity contribution in [1.29, 1.82) is 0 Å². The summed E-state index contributed by atoms with van der Waals surface area (Å²) in [6.07, 6.45) is 1.52. The van der Waals surface area contributed by atoms with Gasteiger partial charge in [0.1, 0.15) is 0 Å². The number of nitrogens with one attached hydrogen (secondary N) is 1. The number of fused-ring (bicyclic) bond motifs is 3. The van der Waals surface area contributed by atoms with Crippen LogP contribution in [0.1, 0.15) is 19.9 Å². The van der Waals surface area contributed by atoms with E-state index in [9.17, 15) is 9.59 Å². The van der Waals surface area contributed by atoms with E-state index in [0.717, 1.165) is 10.3 Å². The first-order valence-corrected chi connectivity index (χ1v) is 6.60. The maximum Gasteiger partial charge on any atom is 0.332 e. The zero-order chi connectivity index (χ0) is 15.3. The van der Waals surface area contributed by atoms with Gasteiger partial charge in [-0.15, -0.1) is 6.58 Å². The number of hydrogen-bond donors (Lipinski definition) is 1. The molecule has 0 saturated heterocycles. The molecule has 1 aliphatic rings. The second-order valence-electron chi connectivity index (χ2n) is 5.06. The van der Waals surface area contributed by atoms with Crippen molar-refractivity contribution in [2.75, 3.05) is 5.43 Å². The first kappa shape index (κ1) is 13.3. The van der Waals surface area contributed by atoms with Crippen LogP contribution in [0.5, 0.6) is 0 Å². The maximum absolute atomic E-state index is 12.7. The zero-order valence-electron chi connectivity index (χ0n) is 12.1. The van der Waals surface area contributed by atoms with Gasteiger partial charge in [-0.25, -0.2) is 10.2 Å². The maximum atomic E-state index is 12.7. The SMILES string of the molecule is C=CCn1c(=O)c2c(nc3n2[C@H](C)C(C)=NN3)n(C)c1=O. The van der Waals surface area contributed by atoms with E-state index in [4.69, 9.17) is 0 Å². The van der Waals surface area contributed by atoms with Crippen LogP contribution in [0.2, 0.25) is 0 Å². The lowest BCUT2D eigenvalue weighted by Gasteiger charge is -2.21. The fourth-order valence-electron chi connectivity index (χ4n) is 2.50. The van der Waals surface area contributed by atoms with Crippen LogP contribution in [0.3, 0.4) is 0 Å². The molecule has 0 saturated carbocycles. The highest BCUT2D eigenvalue weighted by molar-refractivity contribution is 5.90. The Labute approximate surface area is 120 Å². The van der Waals surface area contributed by atoms with Gasteiger partial charge < -0.3 is 0 Å². The Morgan fingerprint density at radius 3 is 2.81 bits per heavy atom. The highest BCUT2D eigenvalue weighted by Gasteiger charge is 2.26. The van der Waals surface area contributed by atoms with E-state index >= 15 is 0 Å². The summed E-state index contributed by atoms with van der Waals surface area (Å²) in [6, 6.07) is -0.103. The van der Waals surface area contributed by atoms with Crippen LogP contribution < -0.4 is 16.7 Å². The van der Waals surface area contributed by atoms with E-state index in [1.54, 1.807) is 11.6 Å². The molecule has 3 rings (SSSR count). The molecule has 0 aromatic carbocycles. The molecule has 8 nitrogen and oxygen atoms in total. The molecule has 110 valence electrons. The first-order valence-electron chi connectivity index (χ1n) is 6.60. The van der Waals surface area contributed by atoms with E-state index in [0.29, 0.717) is 17.1 Å². The van der Waals surface area contributed by atoms with Crippen LogP contribution in [-0.4, -0.2) is 24.4 Å². The van der Waals surface area contributed by atoms with Crippen LogP contribution in [0.15, 0.2) is 27.3 Å². The Hall–Kier alpha value is -2.64. The van der Waals surface area contributed by atoms with Gasteiger partial charge in [-0.05, 0) is 13.8 Å². The van der Waals surface area contributed by atoms with Gasteiger partial charge >= 0.3 is 5.69 Å². The minimum Gasteiger partial charge on any atom is -0.294 e. The molecule has 0 amide bonds. The van der Waals surface area contributed by atoms with Crippen LogP contribution in [0, 0.1) is 0 Å². The predicted molar refractivity (Wildman–Crippen MR) is 80.9 cm³/mol. The van der Waals surface area contributed by atoms with Gasteiger partial charge in [0.15, 0.2) is 11.2 Å². The predicted octanol–water partition coefficient (Wildman–Crippen LogP) is 0.445. The quantitative estimate of drug-likeness (QED) is 0.813. The molecule has 0 aliphatic carbocycles. The molecule has 0 unspecified atom stereocenters. The number of anilines is 1. The van der Waals surface area contributed by atoms with Gasteiger partial charge in [0.25, 0.3) is 5.56 Å². The molecule has 21 heavy (non-hydrogen) atoms. The van der Waals surface area contributed by atoms with Crippen LogP contribution in [-0.2, 0) is 13.6 Å². The number of hydrogen-bond acceptors (Lipinski definition) is 5. The third kappa shape index (κ3) is 1.68. The van der Waals surface area contributed by atoms with Gasteiger partial charge in [-0.2, -0.15) is 10.1 Å². The largest absolute Gasteiger partial charge is 0.332 e. The third-order valence-corrected chi connectivity index (χ3v) is 3.81. The fraction of sp³-hybridized carbons (Fsp3) is 0.385. The van der Waals surface area contributed by atoms with E-state index in [-0.39, 0.29) is 18.1 Å². The van der Waals surface area contributed by atoms with Crippen molar-refractivity contribution in [1.82, 2.24) is 18.7 Å². The summed E-state index contributed by atoms with van der Waals surface area (Å²) < 4.78 is 4.30. The van der Waals surface area contributed by atoms with Gasteiger partial charge in [-0.1, -0.05) is 6.08 Å². The van der Waals surface area contributed by atoms with Crippen molar-refractivity contribution in [2.24, 2.45) is 12.1 Å². The number of rotatable bonds is 2. The van der Waals surface area contributed by atoms with Crippen molar-refractivity contribution in [3.05, 3.63) is 33.5 Å². The Bertz CT molecular complexity index is 898. The van der Waals surface area contributed by atoms with Crippen molar-refractivity contribution in [3.8, 4) is 0 Å². The Kier molecular flexibility index (Phi) is 2.82. The minimum atomic E-state index is -0.409. The number of imidazole rings is 1. The smallest absolute Gasteiger partial charge is 0.294 e. The zero-order valence-corrected chi connectivity index (χ0v) is 12.1. The lowest BCUT2D eigenvalue weighted by Crippen LogP contribution is -2.39. The van der Waals surface area contributed by atoms with Crippen LogP contribution in [0.25, 0.3) is 11.2 Å². The van der Waals surface area contributed by atoms with E-state index in [1.165, 1.54) is 10.6 Å². The highest BCUT2D eigenvalue weighted by Crippen LogP contribution is 2.25. The lowest BCUT2D eigenvalue weighted by atomic mass is 10.2. The van der Waals surface area contributed by atoms with Gasteiger partial charge in [-0.3, -0.25) is 18.5 Å². The molecule has 2 aromatic rings. The highest BCUT2D eigenvalue weighted by atomic mass is 16.2. The summed E-state index contributed by atoms with van der Waals surface area (Å²) in [5.41, 5.74) is 3.62.